The Labute approximate surface area is 108 Å². The van der Waals surface area contributed by atoms with E-state index in [0.29, 0.717) is 18.2 Å². The zero-order valence-corrected chi connectivity index (χ0v) is 11.8. The van der Waals surface area contributed by atoms with E-state index in [2.05, 4.69) is 15.4 Å². The number of aromatic nitrogens is 2. The van der Waals surface area contributed by atoms with Crippen LogP contribution in [0.5, 0.6) is 0 Å². The molecule has 0 aliphatic rings. The van der Waals surface area contributed by atoms with Crippen LogP contribution in [0.25, 0.3) is 0 Å². The molecule has 0 bridgehead atoms. The van der Waals surface area contributed by atoms with E-state index in [1.54, 1.807) is 13.8 Å². The molecule has 0 radical (unpaired) electrons. The SMILES string of the molecule is CCN(CC(C)(C)O)c1nc(C)nc(NN)c1C. The molecule has 0 fully saturated rings. The van der Waals surface area contributed by atoms with Crippen LogP contribution in [-0.4, -0.2) is 33.8 Å². The second-order valence-corrected chi connectivity index (χ2v) is 5.04. The molecular formula is C12H23N5O. The predicted molar refractivity (Wildman–Crippen MR) is 73.5 cm³/mol. The second kappa shape index (κ2) is 5.49. The first-order chi connectivity index (χ1) is 8.28. The molecule has 1 aromatic rings. The Balaban J connectivity index is 3.17. The summed E-state index contributed by atoms with van der Waals surface area (Å²) in [4.78, 5) is 10.7. The second-order valence-electron chi connectivity index (χ2n) is 5.04. The average Bonchev–Trinajstić information content (AvgIpc) is 2.27. The quantitative estimate of drug-likeness (QED) is 0.535. The maximum absolute atomic E-state index is 9.94. The number of anilines is 2. The van der Waals surface area contributed by atoms with Crippen LogP contribution in [0.2, 0.25) is 0 Å². The van der Waals surface area contributed by atoms with Gasteiger partial charge in [-0.1, -0.05) is 0 Å². The van der Waals surface area contributed by atoms with Gasteiger partial charge in [-0.15, -0.1) is 0 Å². The Hall–Kier alpha value is -1.40. The van der Waals surface area contributed by atoms with E-state index in [-0.39, 0.29) is 0 Å². The van der Waals surface area contributed by atoms with Gasteiger partial charge in [-0.25, -0.2) is 15.8 Å². The molecule has 0 aliphatic heterocycles. The summed E-state index contributed by atoms with van der Waals surface area (Å²) in [6.07, 6.45) is 0. The molecule has 1 rings (SSSR count). The molecule has 1 aromatic heterocycles. The molecule has 6 heteroatoms. The summed E-state index contributed by atoms with van der Waals surface area (Å²) in [5, 5.41) is 9.94. The van der Waals surface area contributed by atoms with E-state index in [1.165, 1.54) is 0 Å². The van der Waals surface area contributed by atoms with Crippen LogP contribution in [-0.2, 0) is 0 Å². The number of nitrogens with zero attached hydrogens (tertiary/aromatic N) is 3. The van der Waals surface area contributed by atoms with Gasteiger partial charge in [-0.2, -0.15) is 0 Å². The van der Waals surface area contributed by atoms with E-state index in [9.17, 15) is 5.11 Å². The van der Waals surface area contributed by atoms with Crippen molar-refractivity contribution in [1.82, 2.24) is 9.97 Å². The molecule has 18 heavy (non-hydrogen) atoms. The molecule has 4 N–H and O–H groups in total. The minimum absolute atomic E-state index is 0.505. The van der Waals surface area contributed by atoms with E-state index >= 15 is 0 Å². The van der Waals surface area contributed by atoms with Crippen molar-refractivity contribution in [2.45, 2.75) is 40.2 Å². The molecule has 1 heterocycles. The van der Waals surface area contributed by atoms with Crippen molar-refractivity contribution >= 4 is 11.6 Å². The number of nitrogen functional groups attached to an aromatic ring is 1. The summed E-state index contributed by atoms with van der Waals surface area (Å²) in [7, 11) is 0. The van der Waals surface area contributed by atoms with Crippen molar-refractivity contribution < 1.29 is 5.11 Å². The third-order valence-electron chi connectivity index (χ3n) is 2.63. The van der Waals surface area contributed by atoms with Crippen LogP contribution in [0.4, 0.5) is 11.6 Å². The number of hydrogen-bond acceptors (Lipinski definition) is 6. The summed E-state index contributed by atoms with van der Waals surface area (Å²) in [5.74, 6) is 7.52. The normalized spacial score (nSPS) is 11.5. The number of nitrogens with two attached hydrogens (primary N) is 1. The van der Waals surface area contributed by atoms with Crippen LogP contribution in [0, 0.1) is 13.8 Å². The fourth-order valence-electron chi connectivity index (χ4n) is 1.87. The third kappa shape index (κ3) is 3.54. The molecule has 102 valence electrons. The maximum atomic E-state index is 9.94. The minimum Gasteiger partial charge on any atom is -0.389 e. The highest BCUT2D eigenvalue weighted by atomic mass is 16.3. The van der Waals surface area contributed by atoms with Crippen LogP contribution in [0.1, 0.15) is 32.2 Å². The van der Waals surface area contributed by atoms with Gasteiger partial charge in [0.25, 0.3) is 0 Å². The Morgan fingerprint density at radius 1 is 1.33 bits per heavy atom. The lowest BCUT2D eigenvalue weighted by atomic mass is 10.1. The van der Waals surface area contributed by atoms with Crippen LogP contribution < -0.4 is 16.2 Å². The summed E-state index contributed by atoms with van der Waals surface area (Å²) in [6.45, 7) is 10.6. The van der Waals surface area contributed by atoms with Gasteiger partial charge in [0.15, 0.2) is 0 Å². The van der Waals surface area contributed by atoms with Gasteiger partial charge in [-0.05, 0) is 34.6 Å². The Kier molecular flexibility index (Phi) is 4.48. The predicted octanol–water partition coefficient (Wildman–Crippen LogP) is 0.976. The average molecular weight is 253 g/mol. The summed E-state index contributed by atoms with van der Waals surface area (Å²) < 4.78 is 0. The van der Waals surface area contributed by atoms with Gasteiger partial charge >= 0.3 is 0 Å². The number of hydrogen-bond donors (Lipinski definition) is 3. The zero-order valence-electron chi connectivity index (χ0n) is 11.8. The first-order valence-corrected chi connectivity index (χ1v) is 6.07. The first-order valence-electron chi connectivity index (χ1n) is 6.07. The van der Waals surface area contributed by atoms with Crippen molar-refractivity contribution in [2.24, 2.45) is 5.84 Å². The topological polar surface area (TPSA) is 87.3 Å². The largest absolute Gasteiger partial charge is 0.389 e. The van der Waals surface area contributed by atoms with Gasteiger partial charge in [0.1, 0.15) is 17.5 Å². The molecule has 0 saturated heterocycles. The van der Waals surface area contributed by atoms with Gasteiger partial charge in [0.05, 0.1) is 5.60 Å². The highest BCUT2D eigenvalue weighted by Crippen LogP contribution is 2.24. The molecule has 0 aliphatic carbocycles. The van der Waals surface area contributed by atoms with Crippen molar-refractivity contribution in [3.8, 4) is 0 Å². The minimum atomic E-state index is -0.780. The zero-order chi connectivity index (χ0) is 13.9. The van der Waals surface area contributed by atoms with Crippen molar-refractivity contribution in [2.75, 3.05) is 23.4 Å². The highest BCUT2D eigenvalue weighted by Gasteiger charge is 2.21. The Morgan fingerprint density at radius 3 is 2.39 bits per heavy atom. The lowest BCUT2D eigenvalue weighted by molar-refractivity contribution is 0.0874. The molecule has 0 aromatic carbocycles. The number of nitrogens with one attached hydrogen (secondary N) is 1. The molecule has 0 amide bonds. The van der Waals surface area contributed by atoms with Crippen molar-refractivity contribution in [3.05, 3.63) is 11.4 Å². The number of rotatable bonds is 5. The number of aliphatic hydroxyl groups is 1. The highest BCUT2D eigenvalue weighted by molar-refractivity contribution is 5.58. The summed E-state index contributed by atoms with van der Waals surface area (Å²) in [5.41, 5.74) is 2.68. The molecule has 0 saturated carbocycles. The molecule has 0 unspecified atom stereocenters. The van der Waals surface area contributed by atoms with Crippen molar-refractivity contribution in [3.63, 3.8) is 0 Å². The molecule has 0 spiro atoms. The van der Waals surface area contributed by atoms with Gasteiger partial charge in [0, 0.05) is 18.7 Å². The van der Waals surface area contributed by atoms with Gasteiger partial charge < -0.3 is 15.4 Å². The standard InChI is InChI=1S/C12H23N5O/c1-6-17(7-12(4,5)18)11-8(2)10(16-13)14-9(3)15-11/h18H,6-7,13H2,1-5H3,(H,14,15,16). The monoisotopic (exact) mass is 253 g/mol. The van der Waals surface area contributed by atoms with Crippen molar-refractivity contribution in [1.29, 1.82) is 0 Å². The fraction of sp³-hybridized carbons (Fsp3) is 0.667. The van der Waals surface area contributed by atoms with Crippen LogP contribution in [0.3, 0.4) is 0 Å². The summed E-state index contributed by atoms with van der Waals surface area (Å²) in [6, 6.07) is 0. The summed E-state index contributed by atoms with van der Waals surface area (Å²) >= 11 is 0. The van der Waals surface area contributed by atoms with E-state index in [0.717, 1.165) is 17.9 Å². The van der Waals surface area contributed by atoms with E-state index in [4.69, 9.17) is 5.84 Å². The lowest BCUT2D eigenvalue weighted by Crippen LogP contribution is -2.39. The first kappa shape index (κ1) is 14.7. The smallest absolute Gasteiger partial charge is 0.148 e. The maximum Gasteiger partial charge on any atom is 0.148 e. The molecule has 0 atom stereocenters. The lowest BCUT2D eigenvalue weighted by Gasteiger charge is -2.30. The van der Waals surface area contributed by atoms with E-state index < -0.39 is 5.60 Å². The molecule has 6 nitrogen and oxygen atoms in total. The number of aryl methyl sites for hydroxylation is 1. The number of hydrazine groups is 1. The Bertz CT molecular complexity index is 414. The van der Waals surface area contributed by atoms with Crippen LogP contribution in [0.15, 0.2) is 0 Å². The third-order valence-corrected chi connectivity index (χ3v) is 2.63. The van der Waals surface area contributed by atoms with Gasteiger partial charge in [0.2, 0.25) is 0 Å². The fourth-order valence-corrected chi connectivity index (χ4v) is 1.87. The molecular weight excluding hydrogens is 230 g/mol. The van der Waals surface area contributed by atoms with Gasteiger partial charge in [-0.3, -0.25) is 0 Å². The van der Waals surface area contributed by atoms with E-state index in [1.807, 2.05) is 25.7 Å². The van der Waals surface area contributed by atoms with Crippen LogP contribution >= 0.6 is 0 Å². The number of likely N-dealkylation sites (N-methyl/N-ethyl adjacent to an activating group) is 1. The Morgan fingerprint density at radius 2 is 1.94 bits per heavy atom.